The van der Waals surface area contributed by atoms with Crippen molar-refractivity contribution in [3.8, 4) is 5.75 Å². The number of nitrogens with zero attached hydrogens (tertiary/aromatic N) is 2. The number of methoxy groups -OCH3 is 1. The quantitative estimate of drug-likeness (QED) is 0.595. The van der Waals surface area contributed by atoms with Gasteiger partial charge in [-0.15, -0.1) is 0 Å². The van der Waals surface area contributed by atoms with E-state index in [9.17, 15) is 0 Å². The summed E-state index contributed by atoms with van der Waals surface area (Å²) < 4.78 is 5.39. The van der Waals surface area contributed by atoms with Gasteiger partial charge in [0.25, 0.3) is 0 Å². The van der Waals surface area contributed by atoms with Crippen molar-refractivity contribution >= 4 is 5.96 Å². The summed E-state index contributed by atoms with van der Waals surface area (Å²) in [5, 5.41) is 6.76. The van der Waals surface area contributed by atoms with E-state index in [1.165, 1.54) is 25.9 Å². The van der Waals surface area contributed by atoms with Crippen molar-refractivity contribution in [2.24, 2.45) is 10.9 Å². The van der Waals surface area contributed by atoms with Crippen LogP contribution in [-0.2, 0) is 6.54 Å². The molecule has 1 aromatic carbocycles. The van der Waals surface area contributed by atoms with Gasteiger partial charge in [-0.3, -0.25) is 0 Å². The largest absolute Gasteiger partial charge is 0.496 e. The third-order valence-electron chi connectivity index (χ3n) is 4.54. The van der Waals surface area contributed by atoms with Gasteiger partial charge >= 0.3 is 0 Å². The fourth-order valence-electron chi connectivity index (χ4n) is 2.96. The van der Waals surface area contributed by atoms with Crippen LogP contribution in [0.1, 0.15) is 32.3 Å². The number of benzene rings is 1. The van der Waals surface area contributed by atoms with Crippen LogP contribution in [0.15, 0.2) is 29.3 Å². The molecule has 5 nitrogen and oxygen atoms in total. The number of piperidine rings is 1. The Hall–Kier alpha value is -1.75. The Morgan fingerprint density at radius 2 is 2.00 bits per heavy atom. The van der Waals surface area contributed by atoms with Gasteiger partial charge in [-0.25, -0.2) is 4.99 Å². The number of nitrogens with one attached hydrogen (secondary N) is 2. The summed E-state index contributed by atoms with van der Waals surface area (Å²) in [6.07, 6.45) is 2.64. The Kier molecular flexibility index (Phi) is 7.89. The average Bonchev–Trinajstić information content (AvgIpc) is 2.61. The monoisotopic (exact) mass is 332 g/mol. The van der Waals surface area contributed by atoms with Crippen LogP contribution in [0.3, 0.4) is 0 Å². The normalized spacial score (nSPS) is 16.9. The third-order valence-corrected chi connectivity index (χ3v) is 4.54. The standard InChI is InChI=1S/C19H32N4O/c1-4-20-19(21-11-14-23-12-9-16(2)10-13-23)22-15-17-7-5-6-8-18(17)24-3/h5-8,16H,4,9-15H2,1-3H3,(H2,20,21,22). The van der Waals surface area contributed by atoms with E-state index in [2.05, 4.69) is 40.4 Å². The number of aliphatic imine (C=N–C) groups is 1. The first-order valence-electron chi connectivity index (χ1n) is 9.09. The highest BCUT2D eigenvalue weighted by molar-refractivity contribution is 5.79. The number of guanidine groups is 1. The van der Waals surface area contributed by atoms with Crippen molar-refractivity contribution in [3.05, 3.63) is 29.8 Å². The Morgan fingerprint density at radius 1 is 1.25 bits per heavy atom. The van der Waals surface area contributed by atoms with Crippen LogP contribution in [-0.4, -0.2) is 50.7 Å². The first-order chi connectivity index (χ1) is 11.7. The molecule has 0 spiro atoms. The van der Waals surface area contributed by atoms with E-state index < -0.39 is 0 Å². The van der Waals surface area contributed by atoms with E-state index in [0.717, 1.165) is 42.8 Å². The summed E-state index contributed by atoms with van der Waals surface area (Å²) >= 11 is 0. The molecule has 1 aromatic rings. The maximum absolute atomic E-state index is 5.39. The zero-order valence-electron chi connectivity index (χ0n) is 15.3. The lowest BCUT2D eigenvalue weighted by Gasteiger charge is -2.30. The molecule has 0 unspecified atom stereocenters. The highest BCUT2D eigenvalue weighted by atomic mass is 16.5. The van der Waals surface area contributed by atoms with Crippen molar-refractivity contribution in [1.82, 2.24) is 15.5 Å². The van der Waals surface area contributed by atoms with Crippen LogP contribution in [0.2, 0.25) is 0 Å². The number of hydrogen-bond acceptors (Lipinski definition) is 3. The van der Waals surface area contributed by atoms with E-state index in [4.69, 9.17) is 4.74 Å². The molecule has 1 saturated heterocycles. The van der Waals surface area contributed by atoms with Crippen molar-refractivity contribution in [1.29, 1.82) is 0 Å². The zero-order valence-corrected chi connectivity index (χ0v) is 15.3. The molecule has 134 valence electrons. The Labute approximate surface area is 146 Å². The predicted octanol–water partition coefficient (Wildman–Crippen LogP) is 2.48. The molecule has 2 rings (SSSR count). The Morgan fingerprint density at radius 3 is 2.71 bits per heavy atom. The van der Waals surface area contributed by atoms with E-state index in [1.807, 2.05) is 18.2 Å². The molecule has 0 aliphatic carbocycles. The minimum atomic E-state index is 0.612. The Bertz CT molecular complexity index is 510. The fraction of sp³-hybridized carbons (Fsp3) is 0.632. The highest BCUT2D eigenvalue weighted by Gasteiger charge is 2.14. The van der Waals surface area contributed by atoms with Gasteiger partial charge in [-0.2, -0.15) is 0 Å². The van der Waals surface area contributed by atoms with Gasteiger partial charge in [0.2, 0.25) is 0 Å². The van der Waals surface area contributed by atoms with Gasteiger partial charge in [0.15, 0.2) is 5.96 Å². The summed E-state index contributed by atoms with van der Waals surface area (Å²) in [5.74, 6) is 2.64. The molecular formula is C19H32N4O. The molecule has 1 aliphatic rings. The molecule has 0 aromatic heterocycles. The molecule has 1 fully saturated rings. The van der Waals surface area contributed by atoms with Gasteiger partial charge in [0, 0.05) is 25.2 Å². The predicted molar refractivity (Wildman–Crippen MR) is 101 cm³/mol. The van der Waals surface area contributed by atoms with Crippen molar-refractivity contribution in [2.45, 2.75) is 33.2 Å². The number of rotatable bonds is 7. The van der Waals surface area contributed by atoms with Crippen LogP contribution in [0, 0.1) is 5.92 Å². The zero-order chi connectivity index (χ0) is 17.2. The van der Waals surface area contributed by atoms with Crippen LogP contribution in [0.5, 0.6) is 5.75 Å². The number of para-hydroxylation sites is 1. The summed E-state index contributed by atoms with van der Waals surface area (Å²) in [5.41, 5.74) is 1.10. The van der Waals surface area contributed by atoms with Gasteiger partial charge in [-0.05, 0) is 44.8 Å². The molecule has 1 heterocycles. The number of ether oxygens (including phenoxy) is 1. The molecular weight excluding hydrogens is 300 g/mol. The highest BCUT2D eigenvalue weighted by Crippen LogP contribution is 2.18. The lowest BCUT2D eigenvalue weighted by atomic mass is 9.99. The van der Waals surface area contributed by atoms with E-state index in [0.29, 0.717) is 6.54 Å². The van der Waals surface area contributed by atoms with Gasteiger partial charge in [0.05, 0.1) is 13.7 Å². The summed E-state index contributed by atoms with van der Waals surface area (Å²) in [6.45, 7) is 10.3. The van der Waals surface area contributed by atoms with Crippen molar-refractivity contribution in [3.63, 3.8) is 0 Å². The van der Waals surface area contributed by atoms with Crippen LogP contribution < -0.4 is 15.4 Å². The van der Waals surface area contributed by atoms with E-state index in [1.54, 1.807) is 7.11 Å². The SMILES string of the molecule is CCNC(=NCc1ccccc1OC)NCCN1CCC(C)CC1. The molecule has 5 heteroatoms. The van der Waals surface area contributed by atoms with Gasteiger partial charge in [-0.1, -0.05) is 25.1 Å². The minimum Gasteiger partial charge on any atom is -0.496 e. The van der Waals surface area contributed by atoms with Gasteiger partial charge < -0.3 is 20.3 Å². The first kappa shape index (κ1) is 18.6. The van der Waals surface area contributed by atoms with Gasteiger partial charge in [0.1, 0.15) is 5.75 Å². The molecule has 1 aliphatic heterocycles. The molecule has 24 heavy (non-hydrogen) atoms. The molecule has 0 amide bonds. The first-order valence-corrected chi connectivity index (χ1v) is 9.09. The maximum Gasteiger partial charge on any atom is 0.191 e. The lowest BCUT2D eigenvalue weighted by Crippen LogP contribution is -2.43. The summed E-state index contributed by atoms with van der Waals surface area (Å²) in [4.78, 5) is 7.22. The van der Waals surface area contributed by atoms with Crippen LogP contribution in [0.25, 0.3) is 0 Å². The fourth-order valence-corrected chi connectivity index (χ4v) is 2.96. The number of hydrogen-bond donors (Lipinski definition) is 2. The minimum absolute atomic E-state index is 0.612. The van der Waals surface area contributed by atoms with Crippen molar-refractivity contribution < 1.29 is 4.74 Å². The molecule has 0 atom stereocenters. The molecule has 0 radical (unpaired) electrons. The summed E-state index contributed by atoms with van der Waals surface area (Å²) in [6, 6.07) is 8.03. The van der Waals surface area contributed by atoms with Crippen molar-refractivity contribution in [2.75, 3.05) is 39.8 Å². The average molecular weight is 332 g/mol. The third kappa shape index (κ3) is 6.04. The smallest absolute Gasteiger partial charge is 0.191 e. The molecule has 2 N–H and O–H groups in total. The maximum atomic E-state index is 5.39. The second-order valence-electron chi connectivity index (χ2n) is 6.46. The molecule has 0 saturated carbocycles. The van der Waals surface area contributed by atoms with Crippen LogP contribution in [0.4, 0.5) is 0 Å². The second-order valence-corrected chi connectivity index (χ2v) is 6.46. The van der Waals surface area contributed by atoms with Crippen LogP contribution >= 0.6 is 0 Å². The summed E-state index contributed by atoms with van der Waals surface area (Å²) in [7, 11) is 1.70. The van der Waals surface area contributed by atoms with E-state index in [-0.39, 0.29) is 0 Å². The lowest BCUT2D eigenvalue weighted by molar-refractivity contribution is 0.195. The van der Waals surface area contributed by atoms with E-state index >= 15 is 0 Å². The topological polar surface area (TPSA) is 48.9 Å². The molecule has 0 bridgehead atoms. The number of likely N-dealkylation sites (tertiary alicyclic amines) is 1. The Balaban J connectivity index is 1.82. The second kappa shape index (κ2) is 10.2.